The van der Waals surface area contributed by atoms with E-state index >= 15 is 0 Å². The molecule has 7 N–H and O–H groups in total. The number of carbonyl (C=O) groups is 3. The minimum absolute atomic E-state index is 0. The zero-order valence-corrected chi connectivity index (χ0v) is 16.3. The van der Waals surface area contributed by atoms with Crippen molar-refractivity contribution in [1.29, 1.82) is 0 Å². The van der Waals surface area contributed by atoms with Crippen molar-refractivity contribution in [1.82, 2.24) is 6.15 Å². The molecule has 18 heavy (non-hydrogen) atoms. The minimum atomic E-state index is -2.97. The normalized spacial score (nSPS) is 7.83. The largest absolute Gasteiger partial charge is 3.00 e. The van der Waals surface area contributed by atoms with E-state index in [0.29, 0.717) is 0 Å². The first kappa shape index (κ1) is 36.3. The molecule has 0 unspecified atom stereocenters. The van der Waals surface area contributed by atoms with Crippen LogP contribution in [-0.2, 0) is 14.4 Å². The van der Waals surface area contributed by atoms with Gasteiger partial charge in [-0.2, -0.15) is 0 Å². The minimum Gasteiger partial charge on any atom is -0.870 e. The summed E-state index contributed by atoms with van der Waals surface area (Å²) in [4.78, 5) is 30.0. The summed E-state index contributed by atoms with van der Waals surface area (Å²) in [6.07, 6.45) is -2.72. The second kappa shape index (κ2) is 15.8. The third-order valence-electron chi connectivity index (χ3n) is 1.25. The van der Waals surface area contributed by atoms with Crippen molar-refractivity contribution < 1.29 is 97.1 Å². The maximum Gasteiger partial charge on any atom is 3.00 e. The van der Waals surface area contributed by atoms with Gasteiger partial charge in [0.05, 0.1) is 5.97 Å². The molecule has 0 spiro atoms. The number of carboxylic acids is 3. The monoisotopic (exact) mass is 489 g/mol. The van der Waals surface area contributed by atoms with Crippen LogP contribution in [0.1, 0.15) is 12.8 Å². The fraction of sp³-hybridized carbons (Fsp3) is 0.500. The average molecular weight is 489 g/mol. The SMILES string of the molecule is O=C([O-])CC(O)(CC(=O)[O-])C(=O)[O-].[Bi+3].[K+].[NH4+].[OH-].[OH-]. The molecule has 10 nitrogen and oxygen atoms in total. The van der Waals surface area contributed by atoms with Crippen molar-refractivity contribution in [2.24, 2.45) is 0 Å². The topological polar surface area (TPSA) is 237 Å². The summed E-state index contributed by atoms with van der Waals surface area (Å²) >= 11 is 0. The zero-order chi connectivity index (χ0) is 10.6. The van der Waals surface area contributed by atoms with E-state index in [-0.39, 0.29) is 94.7 Å². The second-order valence-electron chi connectivity index (χ2n) is 2.42. The smallest absolute Gasteiger partial charge is 0.870 e. The molecule has 0 aromatic heterocycles. The summed E-state index contributed by atoms with van der Waals surface area (Å²) in [5.41, 5.74) is -2.97. The fourth-order valence-electron chi connectivity index (χ4n) is 0.684. The summed E-state index contributed by atoms with van der Waals surface area (Å²) in [6, 6.07) is 0. The van der Waals surface area contributed by atoms with Gasteiger partial charge in [0.1, 0.15) is 5.60 Å². The first-order valence-corrected chi connectivity index (χ1v) is 3.11. The van der Waals surface area contributed by atoms with Gasteiger partial charge in [0.25, 0.3) is 0 Å². The van der Waals surface area contributed by atoms with Crippen LogP contribution in [0.3, 0.4) is 0 Å². The predicted molar refractivity (Wildman–Crippen MR) is 44.8 cm³/mol. The third kappa shape index (κ3) is 14.8. The van der Waals surface area contributed by atoms with Crippen LogP contribution in [0.5, 0.6) is 0 Å². The quantitative estimate of drug-likeness (QED) is 0.348. The van der Waals surface area contributed by atoms with Gasteiger partial charge in [-0.05, 0) is 0 Å². The Morgan fingerprint density at radius 1 is 0.944 bits per heavy atom. The van der Waals surface area contributed by atoms with E-state index in [9.17, 15) is 29.7 Å². The fourth-order valence-corrected chi connectivity index (χ4v) is 0.684. The van der Waals surface area contributed by atoms with Gasteiger partial charge in [0.2, 0.25) is 0 Å². The van der Waals surface area contributed by atoms with Crippen LogP contribution in [0.15, 0.2) is 0 Å². The number of rotatable bonds is 5. The maximum absolute atomic E-state index is 10.1. The molecule has 0 rings (SSSR count). The summed E-state index contributed by atoms with van der Waals surface area (Å²) in [7, 11) is 0. The van der Waals surface area contributed by atoms with Crippen LogP contribution < -0.4 is 72.9 Å². The van der Waals surface area contributed by atoms with E-state index in [1.54, 1.807) is 0 Å². The number of carbonyl (C=O) groups excluding carboxylic acids is 3. The molecular formula is C6H11BiKNO9. The molecule has 0 aromatic carbocycles. The standard InChI is InChI=1S/C6H8O7.Bi.K.H3N.2H2O/c7-3(8)1-6(13,5(11)12)2-4(9)10;;;;;/h13H,1-2H2,(H,7,8)(H,9,10)(H,11,12);;;1H3;2*1H2/q;+3;+1;;;/p-4. The molecule has 100 valence electrons. The van der Waals surface area contributed by atoms with Crippen molar-refractivity contribution in [2.75, 3.05) is 0 Å². The number of hydrogen-bond donors (Lipinski definition) is 2. The van der Waals surface area contributed by atoms with Gasteiger partial charge < -0.3 is 51.9 Å². The molecule has 0 amide bonds. The van der Waals surface area contributed by atoms with Gasteiger partial charge in [-0.25, -0.2) is 0 Å². The Labute approximate surface area is 163 Å². The van der Waals surface area contributed by atoms with E-state index in [4.69, 9.17) is 5.11 Å². The molecule has 0 saturated heterocycles. The maximum atomic E-state index is 10.1. The van der Waals surface area contributed by atoms with Gasteiger partial charge in [0.15, 0.2) is 0 Å². The Hall–Kier alpha value is 0.769. The molecule has 0 atom stereocenters. The summed E-state index contributed by atoms with van der Waals surface area (Å²) in [5.74, 6) is -5.98. The molecule has 0 aliphatic rings. The van der Waals surface area contributed by atoms with Crippen LogP contribution in [-0.4, -0.2) is 65.8 Å². The summed E-state index contributed by atoms with van der Waals surface area (Å²) < 4.78 is 0. The van der Waals surface area contributed by atoms with Crippen molar-refractivity contribution in [3.63, 3.8) is 0 Å². The Bertz CT molecular complexity index is 245. The number of aliphatic carboxylic acids is 3. The van der Waals surface area contributed by atoms with Crippen molar-refractivity contribution in [3.8, 4) is 0 Å². The molecule has 0 heterocycles. The van der Waals surface area contributed by atoms with Gasteiger partial charge >= 0.3 is 77.6 Å². The zero-order valence-electron chi connectivity index (χ0n) is 9.65. The molecule has 2 radical (unpaired) electrons. The van der Waals surface area contributed by atoms with Crippen LogP contribution in [0.25, 0.3) is 0 Å². The molecule has 0 aliphatic carbocycles. The average Bonchev–Trinajstić information content (AvgIpc) is 1.82. The van der Waals surface area contributed by atoms with E-state index in [1.807, 2.05) is 0 Å². The first-order chi connectivity index (χ1) is 5.78. The second-order valence-corrected chi connectivity index (χ2v) is 2.42. The molecule has 0 fully saturated rings. The van der Waals surface area contributed by atoms with Gasteiger partial charge in [-0.15, -0.1) is 0 Å². The Kier molecular flexibility index (Phi) is 32.0. The van der Waals surface area contributed by atoms with E-state index < -0.39 is 36.4 Å². The van der Waals surface area contributed by atoms with E-state index in [1.165, 1.54) is 0 Å². The van der Waals surface area contributed by atoms with E-state index in [2.05, 4.69) is 0 Å². The Morgan fingerprint density at radius 3 is 1.28 bits per heavy atom. The van der Waals surface area contributed by atoms with Gasteiger partial charge in [0, 0.05) is 24.8 Å². The van der Waals surface area contributed by atoms with Crippen LogP contribution >= 0.6 is 0 Å². The van der Waals surface area contributed by atoms with Crippen molar-refractivity contribution in [2.45, 2.75) is 18.4 Å². The van der Waals surface area contributed by atoms with Gasteiger partial charge in [-0.1, -0.05) is 0 Å². The molecule has 12 heteroatoms. The molecular weight excluding hydrogens is 478 g/mol. The molecule has 0 saturated carbocycles. The first-order valence-electron chi connectivity index (χ1n) is 3.11. The molecule has 0 aromatic rings. The van der Waals surface area contributed by atoms with Crippen molar-refractivity contribution in [3.05, 3.63) is 0 Å². The molecule has 0 aliphatic heterocycles. The number of carboxylic acid groups (broad SMARTS) is 3. The summed E-state index contributed by atoms with van der Waals surface area (Å²) in [6.45, 7) is 0. The van der Waals surface area contributed by atoms with Crippen LogP contribution in [0.2, 0.25) is 0 Å². The Morgan fingerprint density at radius 2 is 1.17 bits per heavy atom. The predicted octanol–water partition coefficient (Wildman–Crippen LogP) is -8.61. The van der Waals surface area contributed by atoms with Crippen LogP contribution in [0.4, 0.5) is 0 Å². The third-order valence-corrected chi connectivity index (χ3v) is 1.25. The number of quaternary nitrogens is 1. The Balaban J connectivity index is -0.0000000720. The number of hydrogen-bond acceptors (Lipinski definition) is 9. The summed E-state index contributed by atoms with van der Waals surface area (Å²) in [5, 5.41) is 38.9. The molecule has 0 bridgehead atoms. The van der Waals surface area contributed by atoms with Gasteiger partial charge in [-0.3, -0.25) is 0 Å². The van der Waals surface area contributed by atoms with Crippen molar-refractivity contribution >= 4 is 44.1 Å². The van der Waals surface area contributed by atoms with E-state index in [0.717, 1.165) is 0 Å². The number of aliphatic hydroxyl groups is 1. The van der Waals surface area contributed by atoms with Crippen LogP contribution in [0, 0.1) is 0 Å².